The number of amides is 1. The molecule has 0 fully saturated rings. The van der Waals surface area contributed by atoms with Crippen molar-refractivity contribution in [3.8, 4) is 6.07 Å². The van der Waals surface area contributed by atoms with Crippen molar-refractivity contribution in [3.05, 3.63) is 69.2 Å². The maximum Gasteiger partial charge on any atom is 0.266 e. The Bertz CT molecular complexity index is 771. The number of nitrogens with one attached hydrogen (secondary N) is 1. The molecule has 0 radical (unpaired) electrons. The van der Waals surface area contributed by atoms with Crippen molar-refractivity contribution in [1.82, 2.24) is 0 Å². The fourth-order valence-corrected chi connectivity index (χ4v) is 2.37. The number of nitriles is 1. The van der Waals surface area contributed by atoms with Gasteiger partial charge in [-0.3, -0.25) is 4.79 Å². The summed E-state index contributed by atoms with van der Waals surface area (Å²) in [5.74, 6) is -0.510. The zero-order valence-electron chi connectivity index (χ0n) is 11.7. The Labute approximate surface area is 138 Å². The van der Waals surface area contributed by atoms with E-state index < -0.39 is 5.91 Å². The minimum Gasteiger partial charge on any atom is -0.321 e. The molecule has 22 heavy (non-hydrogen) atoms. The number of carbonyl (C=O) groups is 1. The van der Waals surface area contributed by atoms with E-state index in [2.05, 4.69) is 5.32 Å². The van der Waals surface area contributed by atoms with Crippen LogP contribution in [0.5, 0.6) is 0 Å². The summed E-state index contributed by atoms with van der Waals surface area (Å²) in [6.07, 6.45) is 1.38. The molecule has 0 aliphatic heterocycles. The van der Waals surface area contributed by atoms with Crippen LogP contribution in [-0.4, -0.2) is 5.91 Å². The standard InChI is InChI=1S/C17H12Cl2N2O/c1-11-4-2-5-13(8-11)21-17(22)12(10-20)9-14-15(18)6-3-7-16(14)19/h2-9H,1H3,(H,21,22). The van der Waals surface area contributed by atoms with Crippen LogP contribution < -0.4 is 5.32 Å². The molecule has 1 amide bonds. The number of rotatable bonds is 3. The molecule has 3 nitrogen and oxygen atoms in total. The highest BCUT2D eigenvalue weighted by atomic mass is 35.5. The smallest absolute Gasteiger partial charge is 0.266 e. The van der Waals surface area contributed by atoms with Gasteiger partial charge in [0.1, 0.15) is 11.6 Å². The number of hydrogen-bond donors (Lipinski definition) is 1. The monoisotopic (exact) mass is 330 g/mol. The van der Waals surface area contributed by atoms with Gasteiger partial charge in [0.05, 0.1) is 0 Å². The summed E-state index contributed by atoms with van der Waals surface area (Å²) in [5.41, 5.74) is 2.00. The maximum atomic E-state index is 12.2. The first-order chi connectivity index (χ1) is 10.5. The Balaban J connectivity index is 2.30. The van der Waals surface area contributed by atoms with Crippen LogP contribution in [0.3, 0.4) is 0 Å². The first-order valence-corrected chi connectivity index (χ1v) is 7.20. The lowest BCUT2D eigenvalue weighted by atomic mass is 10.1. The van der Waals surface area contributed by atoms with Gasteiger partial charge < -0.3 is 5.32 Å². The van der Waals surface area contributed by atoms with Crippen LogP contribution in [0.1, 0.15) is 11.1 Å². The molecule has 0 aromatic heterocycles. The van der Waals surface area contributed by atoms with Crippen molar-refractivity contribution in [2.24, 2.45) is 0 Å². The van der Waals surface area contributed by atoms with Crippen LogP contribution in [0.2, 0.25) is 10.0 Å². The molecule has 0 atom stereocenters. The van der Waals surface area contributed by atoms with Gasteiger partial charge in [-0.15, -0.1) is 0 Å². The first-order valence-electron chi connectivity index (χ1n) is 6.45. The zero-order chi connectivity index (χ0) is 16.1. The normalized spacial score (nSPS) is 10.9. The van der Waals surface area contributed by atoms with E-state index in [-0.39, 0.29) is 5.57 Å². The van der Waals surface area contributed by atoms with Crippen molar-refractivity contribution in [3.63, 3.8) is 0 Å². The van der Waals surface area contributed by atoms with Crippen molar-refractivity contribution >= 4 is 40.9 Å². The summed E-state index contributed by atoms with van der Waals surface area (Å²) >= 11 is 12.1. The highest BCUT2D eigenvalue weighted by Crippen LogP contribution is 2.26. The number of benzene rings is 2. The Morgan fingerprint density at radius 2 is 1.82 bits per heavy atom. The van der Waals surface area contributed by atoms with Crippen molar-refractivity contribution in [1.29, 1.82) is 5.26 Å². The Hall–Kier alpha value is -2.28. The number of hydrogen-bond acceptors (Lipinski definition) is 2. The number of anilines is 1. The van der Waals surface area contributed by atoms with Crippen LogP contribution in [0.4, 0.5) is 5.69 Å². The topological polar surface area (TPSA) is 52.9 Å². The third-order valence-electron chi connectivity index (χ3n) is 2.93. The minimum absolute atomic E-state index is 0.0727. The first kappa shape index (κ1) is 16.1. The highest BCUT2D eigenvalue weighted by molar-refractivity contribution is 6.37. The fourth-order valence-electron chi connectivity index (χ4n) is 1.86. The molecule has 0 spiro atoms. The molecule has 0 aliphatic carbocycles. The summed E-state index contributed by atoms with van der Waals surface area (Å²) < 4.78 is 0. The van der Waals surface area contributed by atoms with Gasteiger partial charge in [-0.2, -0.15) is 5.26 Å². The molecule has 5 heteroatoms. The molecule has 0 bridgehead atoms. The fraction of sp³-hybridized carbons (Fsp3) is 0.0588. The molecule has 2 aromatic carbocycles. The number of carbonyl (C=O) groups excluding carboxylic acids is 1. The van der Waals surface area contributed by atoms with Crippen molar-refractivity contribution in [2.45, 2.75) is 6.92 Å². The van der Waals surface area contributed by atoms with Gasteiger partial charge in [0.25, 0.3) is 5.91 Å². The molecule has 0 heterocycles. The van der Waals surface area contributed by atoms with E-state index in [0.717, 1.165) is 5.56 Å². The van der Waals surface area contributed by atoms with Crippen molar-refractivity contribution < 1.29 is 4.79 Å². The lowest BCUT2D eigenvalue weighted by Gasteiger charge is -2.06. The summed E-state index contributed by atoms with van der Waals surface area (Å²) in [4.78, 5) is 12.2. The van der Waals surface area contributed by atoms with Gasteiger partial charge in [0, 0.05) is 21.3 Å². The number of nitrogens with zero attached hydrogens (tertiary/aromatic N) is 1. The summed E-state index contributed by atoms with van der Waals surface area (Å²) in [7, 11) is 0. The SMILES string of the molecule is Cc1cccc(NC(=O)C(C#N)=Cc2c(Cl)cccc2Cl)c1. The lowest BCUT2D eigenvalue weighted by molar-refractivity contribution is -0.112. The van der Waals surface area contributed by atoms with Crippen molar-refractivity contribution in [2.75, 3.05) is 5.32 Å². The van der Waals surface area contributed by atoms with Gasteiger partial charge >= 0.3 is 0 Å². The van der Waals surface area contributed by atoms with Gasteiger partial charge in [-0.05, 0) is 42.8 Å². The van der Waals surface area contributed by atoms with Gasteiger partial charge in [-0.25, -0.2) is 0 Å². The molecule has 2 aromatic rings. The van der Waals surface area contributed by atoms with E-state index in [4.69, 9.17) is 23.2 Å². The molecule has 2 rings (SSSR count). The van der Waals surface area contributed by atoms with E-state index in [9.17, 15) is 10.1 Å². The quantitative estimate of drug-likeness (QED) is 0.646. The predicted molar refractivity (Wildman–Crippen MR) is 89.9 cm³/mol. The largest absolute Gasteiger partial charge is 0.321 e. The second-order valence-corrected chi connectivity index (χ2v) is 5.44. The molecule has 0 unspecified atom stereocenters. The molecule has 1 N–H and O–H groups in total. The Kier molecular flexibility index (Phi) is 5.21. The van der Waals surface area contributed by atoms with E-state index in [1.807, 2.05) is 31.2 Å². The number of halogens is 2. The molecule has 0 saturated heterocycles. The lowest BCUT2D eigenvalue weighted by Crippen LogP contribution is -2.13. The summed E-state index contributed by atoms with van der Waals surface area (Å²) in [6, 6.07) is 14.2. The summed E-state index contributed by atoms with van der Waals surface area (Å²) in [5, 5.41) is 12.6. The van der Waals surface area contributed by atoms with E-state index in [1.54, 1.807) is 24.3 Å². The average Bonchev–Trinajstić information content (AvgIpc) is 2.47. The van der Waals surface area contributed by atoms with Gasteiger partial charge in [0.15, 0.2) is 0 Å². The third kappa shape index (κ3) is 3.88. The number of aryl methyl sites for hydroxylation is 1. The minimum atomic E-state index is -0.510. The molecule has 110 valence electrons. The van der Waals surface area contributed by atoms with Gasteiger partial charge in [0.2, 0.25) is 0 Å². The van der Waals surface area contributed by atoms with Crippen LogP contribution >= 0.6 is 23.2 Å². The second-order valence-electron chi connectivity index (χ2n) is 4.63. The molecular weight excluding hydrogens is 319 g/mol. The van der Waals surface area contributed by atoms with Gasteiger partial charge in [-0.1, -0.05) is 41.4 Å². The van der Waals surface area contributed by atoms with Crippen LogP contribution in [0.15, 0.2) is 48.0 Å². The average molecular weight is 331 g/mol. The second kappa shape index (κ2) is 7.13. The van der Waals surface area contributed by atoms with Crippen LogP contribution in [-0.2, 0) is 4.79 Å². The van der Waals surface area contributed by atoms with E-state index in [1.165, 1.54) is 6.08 Å². The zero-order valence-corrected chi connectivity index (χ0v) is 13.2. The molecular formula is C17H12Cl2N2O. The van der Waals surface area contributed by atoms with E-state index >= 15 is 0 Å². The third-order valence-corrected chi connectivity index (χ3v) is 3.59. The molecule has 0 aliphatic rings. The van der Waals surface area contributed by atoms with E-state index in [0.29, 0.717) is 21.3 Å². The summed E-state index contributed by atoms with van der Waals surface area (Å²) in [6.45, 7) is 1.92. The predicted octanol–water partition coefficient (Wildman–Crippen LogP) is 4.85. The maximum absolute atomic E-state index is 12.2. The van der Waals surface area contributed by atoms with Crippen LogP contribution in [0, 0.1) is 18.3 Å². The Morgan fingerprint density at radius 1 is 1.18 bits per heavy atom. The highest BCUT2D eigenvalue weighted by Gasteiger charge is 2.12. The molecule has 0 saturated carbocycles. The van der Waals surface area contributed by atoms with Crippen LogP contribution in [0.25, 0.3) is 6.08 Å². The Morgan fingerprint density at radius 3 is 2.41 bits per heavy atom.